The van der Waals surface area contributed by atoms with Gasteiger partial charge in [0.1, 0.15) is 11.8 Å². The molecule has 1 aromatic carbocycles. The lowest BCUT2D eigenvalue weighted by Crippen LogP contribution is -2.23. The molecule has 1 aliphatic rings. The Morgan fingerprint density at radius 2 is 2.30 bits per heavy atom. The van der Waals surface area contributed by atoms with Gasteiger partial charge in [-0.3, -0.25) is 0 Å². The number of hydrogen-bond donors (Lipinski definition) is 1. The largest absolute Gasteiger partial charge is 0.495 e. The maximum absolute atomic E-state index is 11.4. The Morgan fingerprint density at radius 3 is 2.90 bits per heavy atom. The predicted molar refractivity (Wildman–Crippen MR) is 76.2 cm³/mol. The summed E-state index contributed by atoms with van der Waals surface area (Å²) in [5, 5.41) is 12.2. The number of nitriles is 1. The van der Waals surface area contributed by atoms with E-state index in [2.05, 4.69) is 11.4 Å². The number of nitrogens with zero attached hydrogens (tertiary/aromatic N) is 1. The van der Waals surface area contributed by atoms with Crippen LogP contribution >= 0.6 is 0 Å². The first-order valence-corrected chi connectivity index (χ1v) is 8.34. The van der Waals surface area contributed by atoms with E-state index in [9.17, 15) is 8.42 Å². The summed E-state index contributed by atoms with van der Waals surface area (Å²) in [6.45, 7) is 1.33. The predicted octanol–water partition coefficient (Wildman–Crippen LogP) is 1.09. The van der Waals surface area contributed by atoms with Gasteiger partial charge in [0.2, 0.25) is 0 Å². The van der Waals surface area contributed by atoms with E-state index in [1.165, 1.54) is 7.11 Å². The van der Waals surface area contributed by atoms with Crippen LogP contribution in [-0.2, 0) is 16.4 Å². The molecule has 1 fully saturated rings. The first-order chi connectivity index (χ1) is 9.54. The highest BCUT2D eigenvalue weighted by atomic mass is 32.2. The molecule has 0 bridgehead atoms. The van der Waals surface area contributed by atoms with Crippen LogP contribution in [0.5, 0.6) is 5.75 Å². The molecular weight excluding hydrogens is 276 g/mol. The number of nitrogens with one attached hydrogen (secondary N) is 1. The second-order valence-electron chi connectivity index (χ2n) is 5.05. The Labute approximate surface area is 119 Å². The van der Waals surface area contributed by atoms with E-state index >= 15 is 0 Å². The Balaban J connectivity index is 1.87. The molecule has 0 amide bonds. The van der Waals surface area contributed by atoms with Crippen molar-refractivity contribution in [3.05, 3.63) is 29.3 Å². The molecule has 1 saturated heterocycles. The molecule has 1 atom stereocenters. The van der Waals surface area contributed by atoms with Crippen molar-refractivity contribution in [1.82, 2.24) is 5.32 Å². The highest BCUT2D eigenvalue weighted by Crippen LogP contribution is 2.20. The first-order valence-electron chi connectivity index (χ1n) is 6.52. The van der Waals surface area contributed by atoms with Crippen LogP contribution in [0.15, 0.2) is 18.2 Å². The number of rotatable bonds is 5. The molecular formula is C14H18N2O3S. The fraction of sp³-hybridized carbons (Fsp3) is 0.500. The average Bonchev–Trinajstić information content (AvgIpc) is 2.78. The maximum Gasteiger partial charge on any atom is 0.150 e. The van der Waals surface area contributed by atoms with E-state index in [0.29, 0.717) is 30.2 Å². The number of sulfone groups is 1. The average molecular weight is 294 g/mol. The van der Waals surface area contributed by atoms with Crippen molar-refractivity contribution in [3.63, 3.8) is 0 Å². The summed E-state index contributed by atoms with van der Waals surface area (Å²) in [6, 6.07) is 7.51. The van der Waals surface area contributed by atoms with Crippen molar-refractivity contribution in [2.75, 3.05) is 25.2 Å². The van der Waals surface area contributed by atoms with Crippen molar-refractivity contribution in [1.29, 1.82) is 5.26 Å². The Morgan fingerprint density at radius 1 is 1.50 bits per heavy atom. The van der Waals surface area contributed by atoms with Gasteiger partial charge in [-0.1, -0.05) is 6.07 Å². The number of ether oxygens (including phenoxy) is 1. The van der Waals surface area contributed by atoms with Gasteiger partial charge in [-0.25, -0.2) is 8.42 Å². The van der Waals surface area contributed by atoms with Crippen molar-refractivity contribution >= 4 is 9.84 Å². The number of hydrogen-bond acceptors (Lipinski definition) is 5. The van der Waals surface area contributed by atoms with Crippen molar-refractivity contribution in [3.8, 4) is 11.8 Å². The van der Waals surface area contributed by atoms with Crippen LogP contribution in [0.25, 0.3) is 0 Å². The maximum atomic E-state index is 11.4. The molecule has 20 heavy (non-hydrogen) atoms. The summed E-state index contributed by atoms with van der Waals surface area (Å²) >= 11 is 0. The molecule has 1 heterocycles. The van der Waals surface area contributed by atoms with Gasteiger partial charge in [0.05, 0.1) is 24.2 Å². The van der Waals surface area contributed by atoms with E-state index in [1.807, 2.05) is 12.1 Å². The monoisotopic (exact) mass is 294 g/mol. The summed E-state index contributed by atoms with van der Waals surface area (Å²) < 4.78 is 27.9. The minimum atomic E-state index is -2.81. The molecule has 6 heteroatoms. The van der Waals surface area contributed by atoms with Gasteiger partial charge in [-0.2, -0.15) is 5.26 Å². The highest BCUT2D eigenvalue weighted by molar-refractivity contribution is 7.91. The van der Waals surface area contributed by atoms with Gasteiger partial charge in [0, 0.05) is 6.54 Å². The Bertz CT molecular complexity index is 620. The topological polar surface area (TPSA) is 79.2 Å². The third-order valence-electron chi connectivity index (χ3n) is 3.48. The summed E-state index contributed by atoms with van der Waals surface area (Å²) in [6.07, 6.45) is 0.742. The molecule has 1 unspecified atom stereocenters. The number of benzene rings is 1. The van der Waals surface area contributed by atoms with E-state index in [4.69, 9.17) is 10.00 Å². The summed E-state index contributed by atoms with van der Waals surface area (Å²) in [5.41, 5.74) is 1.53. The second kappa shape index (κ2) is 6.25. The van der Waals surface area contributed by atoms with Crippen molar-refractivity contribution < 1.29 is 13.2 Å². The normalized spacial score (nSPS) is 20.5. The highest BCUT2D eigenvalue weighted by Gasteiger charge is 2.27. The van der Waals surface area contributed by atoms with Gasteiger partial charge in [-0.15, -0.1) is 0 Å². The third-order valence-corrected chi connectivity index (χ3v) is 5.31. The van der Waals surface area contributed by atoms with Crippen LogP contribution in [0.3, 0.4) is 0 Å². The minimum Gasteiger partial charge on any atom is -0.495 e. The third kappa shape index (κ3) is 3.71. The smallest absolute Gasteiger partial charge is 0.150 e. The van der Waals surface area contributed by atoms with Crippen LogP contribution < -0.4 is 10.1 Å². The molecule has 0 saturated carbocycles. The Hall–Kier alpha value is -1.58. The molecule has 0 aromatic heterocycles. The fourth-order valence-corrected chi connectivity index (χ4v) is 4.25. The van der Waals surface area contributed by atoms with Gasteiger partial charge in [-0.05, 0) is 36.6 Å². The SMILES string of the molecule is COc1cc(CNCC2CCS(=O)(=O)C2)ccc1C#N. The summed E-state index contributed by atoms with van der Waals surface area (Å²) in [4.78, 5) is 0. The molecule has 108 valence electrons. The molecule has 2 rings (SSSR count). The molecule has 1 aliphatic heterocycles. The van der Waals surface area contributed by atoms with Crippen LogP contribution in [0.2, 0.25) is 0 Å². The molecule has 5 nitrogen and oxygen atoms in total. The lowest BCUT2D eigenvalue weighted by atomic mass is 10.1. The minimum absolute atomic E-state index is 0.209. The van der Waals surface area contributed by atoms with E-state index in [-0.39, 0.29) is 11.7 Å². The molecule has 0 radical (unpaired) electrons. The molecule has 0 aliphatic carbocycles. The van der Waals surface area contributed by atoms with Crippen LogP contribution in [0.4, 0.5) is 0 Å². The van der Waals surface area contributed by atoms with Gasteiger partial charge < -0.3 is 10.1 Å². The zero-order chi connectivity index (χ0) is 14.6. The van der Waals surface area contributed by atoms with Gasteiger partial charge in [0.15, 0.2) is 9.84 Å². The quantitative estimate of drug-likeness (QED) is 0.879. The van der Waals surface area contributed by atoms with Gasteiger partial charge in [0.25, 0.3) is 0 Å². The van der Waals surface area contributed by atoms with E-state index in [0.717, 1.165) is 12.0 Å². The lowest BCUT2D eigenvalue weighted by molar-refractivity contribution is 0.412. The van der Waals surface area contributed by atoms with E-state index in [1.54, 1.807) is 6.07 Å². The Kier molecular flexibility index (Phi) is 4.63. The standard InChI is InChI=1S/C14H18N2O3S/c1-19-14-6-11(2-3-13(14)7-15)8-16-9-12-4-5-20(17,18)10-12/h2-3,6,12,16H,4-5,8-10H2,1H3. The molecule has 1 N–H and O–H groups in total. The lowest BCUT2D eigenvalue weighted by Gasteiger charge is -2.10. The second-order valence-corrected chi connectivity index (χ2v) is 7.28. The summed E-state index contributed by atoms with van der Waals surface area (Å²) in [5.74, 6) is 1.37. The van der Waals surface area contributed by atoms with Gasteiger partial charge >= 0.3 is 0 Å². The van der Waals surface area contributed by atoms with E-state index < -0.39 is 9.84 Å². The van der Waals surface area contributed by atoms with Crippen molar-refractivity contribution in [2.45, 2.75) is 13.0 Å². The number of methoxy groups -OCH3 is 1. The van der Waals surface area contributed by atoms with Crippen molar-refractivity contribution in [2.24, 2.45) is 5.92 Å². The zero-order valence-electron chi connectivity index (χ0n) is 11.4. The van der Waals surface area contributed by atoms with Crippen LogP contribution in [-0.4, -0.2) is 33.6 Å². The molecule has 0 spiro atoms. The first kappa shape index (κ1) is 14.8. The summed E-state index contributed by atoms with van der Waals surface area (Å²) in [7, 11) is -1.27. The van der Waals surface area contributed by atoms with Crippen LogP contribution in [0, 0.1) is 17.2 Å². The van der Waals surface area contributed by atoms with Crippen LogP contribution in [0.1, 0.15) is 17.5 Å². The fourth-order valence-electron chi connectivity index (χ4n) is 2.39. The molecule has 1 aromatic rings. The zero-order valence-corrected chi connectivity index (χ0v) is 12.2.